The van der Waals surface area contributed by atoms with E-state index in [1.165, 1.54) is 4.88 Å². The van der Waals surface area contributed by atoms with Crippen LogP contribution in [0.15, 0.2) is 23.6 Å². The minimum absolute atomic E-state index is 0.727. The first-order chi connectivity index (χ1) is 9.69. The lowest BCUT2D eigenvalue weighted by atomic mass is 10.3. The van der Waals surface area contributed by atoms with E-state index >= 15 is 0 Å². The average Bonchev–Trinajstić information content (AvgIpc) is 2.95. The number of anilines is 2. The molecule has 20 heavy (non-hydrogen) atoms. The first-order valence-corrected chi connectivity index (χ1v) is 7.90. The molecule has 2 aromatic rings. The van der Waals surface area contributed by atoms with Gasteiger partial charge < -0.3 is 10.2 Å². The van der Waals surface area contributed by atoms with E-state index in [1.54, 1.807) is 11.3 Å². The van der Waals surface area contributed by atoms with E-state index < -0.39 is 0 Å². The van der Waals surface area contributed by atoms with Gasteiger partial charge in [0, 0.05) is 36.8 Å². The van der Waals surface area contributed by atoms with Crippen LogP contribution in [-0.4, -0.2) is 30.1 Å². The van der Waals surface area contributed by atoms with Crippen molar-refractivity contribution in [1.29, 1.82) is 0 Å². The number of hydrogen-bond donors (Lipinski definition) is 1. The lowest BCUT2D eigenvalue weighted by Gasteiger charge is -2.19. The van der Waals surface area contributed by atoms with E-state index in [1.807, 2.05) is 13.0 Å². The van der Waals surface area contributed by atoms with Crippen molar-refractivity contribution in [2.24, 2.45) is 0 Å². The van der Waals surface area contributed by atoms with E-state index in [0.29, 0.717) is 0 Å². The molecule has 0 aliphatic heterocycles. The number of hydrogen-bond acceptors (Lipinski definition) is 5. The highest BCUT2D eigenvalue weighted by Crippen LogP contribution is 2.15. The Balaban J connectivity index is 2.00. The molecule has 0 spiro atoms. The zero-order valence-electron chi connectivity index (χ0n) is 12.4. The van der Waals surface area contributed by atoms with Crippen LogP contribution in [0.5, 0.6) is 0 Å². The fraction of sp³-hybridized carbons (Fsp3) is 0.467. The average molecular weight is 290 g/mol. The van der Waals surface area contributed by atoms with E-state index in [4.69, 9.17) is 0 Å². The minimum Gasteiger partial charge on any atom is -0.359 e. The van der Waals surface area contributed by atoms with Gasteiger partial charge in [0.05, 0.1) is 0 Å². The Hall–Kier alpha value is -1.62. The van der Waals surface area contributed by atoms with Gasteiger partial charge in [0.15, 0.2) is 0 Å². The summed E-state index contributed by atoms with van der Waals surface area (Å²) in [6.07, 6.45) is 2.12. The van der Waals surface area contributed by atoms with Crippen molar-refractivity contribution >= 4 is 23.1 Å². The predicted octanol–water partition coefficient (Wildman–Crippen LogP) is 3.35. The summed E-state index contributed by atoms with van der Waals surface area (Å²) in [4.78, 5) is 12.6. The molecule has 0 radical (unpaired) electrons. The molecule has 0 aliphatic carbocycles. The van der Waals surface area contributed by atoms with Crippen LogP contribution in [0.4, 0.5) is 11.8 Å². The zero-order chi connectivity index (χ0) is 14.4. The number of nitrogens with zero attached hydrogens (tertiary/aromatic N) is 3. The van der Waals surface area contributed by atoms with Crippen molar-refractivity contribution < 1.29 is 0 Å². The summed E-state index contributed by atoms with van der Waals surface area (Å²) in [5.74, 6) is 1.71. The first kappa shape index (κ1) is 14.8. The standard InChI is InChI=1S/C15H22N4S/c1-4-8-16-15-17-12(2)11-14(18-15)19(3)9-7-13-6-5-10-20-13/h5-6,10-11H,4,7-9H2,1-3H3,(H,16,17,18). The highest BCUT2D eigenvalue weighted by molar-refractivity contribution is 7.09. The summed E-state index contributed by atoms with van der Waals surface area (Å²) in [5.41, 5.74) is 0.997. The first-order valence-electron chi connectivity index (χ1n) is 7.02. The van der Waals surface area contributed by atoms with Crippen LogP contribution in [0.3, 0.4) is 0 Å². The Labute approximate surface area is 124 Å². The van der Waals surface area contributed by atoms with Crippen LogP contribution >= 0.6 is 11.3 Å². The van der Waals surface area contributed by atoms with Gasteiger partial charge in [-0.1, -0.05) is 13.0 Å². The summed E-state index contributed by atoms with van der Waals surface area (Å²) in [6.45, 7) is 6.01. The second kappa shape index (κ2) is 7.24. The molecule has 4 nitrogen and oxygen atoms in total. The highest BCUT2D eigenvalue weighted by Gasteiger charge is 2.07. The van der Waals surface area contributed by atoms with E-state index in [2.05, 4.69) is 51.7 Å². The van der Waals surface area contributed by atoms with Gasteiger partial charge in [-0.05, 0) is 31.2 Å². The monoisotopic (exact) mass is 290 g/mol. The van der Waals surface area contributed by atoms with Crippen LogP contribution in [0.2, 0.25) is 0 Å². The largest absolute Gasteiger partial charge is 0.359 e. The fourth-order valence-corrected chi connectivity index (χ4v) is 2.61. The topological polar surface area (TPSA) is 41.1 Å². The van der Waals surface area contributed by atoms with Gasteiger partial charge in [-0.15, -0.1) is 11.3 Å². The lowest BCUT2D eigenvalue weighted by molar-refractivity contribution is 0.858. The van der Waals surface area contributed by atoms with Gasteiger partial charge in [-0.25, -0.2) is 4.98 Å². The van der Waals surface area contributed by atoms with Gasteiger partial charge in [0.25, 0.3) is 0 Å². The molecule has 0 saturated carbocycles. The normalized spacial score (nSPS) is 10.6. The van der Waals surface area contributed by atoms with Crippen molar-refractivity contribution in [3.8, 4) is 0 Å². The Morgan fingerprint density at radius 3 is 2.90 bits per heavy atom. The summed E-state index contributed by atoms with van der Waals surface area (Å²) in [6, 6.07) is 6.31. The Morgan fingerprint density at radius 1 is 1.35 bits per heavy atom. The molecule has 108 valence electrons. The third-order valence-corrected chi connectivity index (χ3v) is 3.97. The SMILES string of the molecule is CCCNc1nc(C)cc(N(C)CCc2cccs2)n1. The smallest absolute Gasteiger partial charge is 0.224 e. The van der Waals surface area contributed by atoms with E-state index in [0.717, 1.165) is 43.4 Å². The van der Waals surface area contributed by atoms with Crippen LogP contribution < -0.4 is 10.2 Å². The number of aromatic nitrogens is 2. The van der Waals surface area contributed by atoms with E-state index in [9.17, 15) is 0 Å². The quantitative estimate of drug-likeness (QED) is 0.849. The Bertz CT molecular complexity index is 525. The number of aryl methyl sites for hydroxylation is 1. The van der Waals surface area contributed by atoms with Crippen molar-refractivity contribution in [1.82, 2.24) is 9.97 Å². The molecule has 0 fully saturated rings. The third kappa shape index (κ3) is 4.20. The zero-order valence-corrected chi connectivity index (χ0v) is 13.2. The summed E-state index contributed by atoms with van der Waals surface area (Å²) in [5, 5.41) is 5.38. The molecule has 2 heterocycles. The highest BCUT2D eigenvalue weighted by atomic mass is 32.1. The predicted molar refractivity (Wildman–Crippen MR) is 86.8 cm³/mol. The molecule has 0 saturated heterocycles. The van der Waals surface area contributed by atoms with Crippen molar-refractivity contribution in [3.63, 3.8) is 0 Å². The maximum absolute atomic E-state index is 4.58. The van der Waals surface area contributed by atoms with Crippen LogP contribution in [0, 0.1) is 6.92 Å². The molecule has 0 aliphatic rings. The van der Waals surface area contributed by atoms with Crippen molar-refractivity contribution in [2.45, 2.75) is 26.7 Å². The van der Waals surface area contributed by atoms with E-state index in [-0.39, 0.29) is 0 Å². The molecule has 0 bridgehead atoms. The second-order valence-electron chi connectivity index (χ2n) is 4.87. The van der Waals surface area contributed by atoms with Crippen molar-refractivity contribution in [2.75, 3.05) is 30.4 Å². The van der Waals surface area contributed by atoms with Crippen LogP contribution in [0.1, 0.15) is 23.9 Å². The lowest BCUT2D eigenvalue weighted by Crippen LogP contribution is -2.22. The number of thiophene rings is 1. The summed E-state index contributed by atoms with van der Waals surface area (Å²) < 4.78 is 0. The molecule has 2 aromatic heterocycles. The number of nitrogens with one attached hydrogen (secondary N) is 1. The molecule has 2 rings (SSSR count). The Morgan fingerprint density at radius 2 is 2.20 bits per heavy atom. The molecule has 0 aromatic carbocycles. The molecular weight excluding hydrogens is 268 g/mol. The van der Waals surface area contributed by atoms with Gasteiger partial charge in [0.1, 0.15) is 5.82 Å². The summed E-state index contributed by atoms with van der Waals surface area (Å²) in [7, 11) is 2.08. The molecule has 0 amide bonds. The van der Waals surface area contributed by atoms with Gasteiger partial charge in [-0.2, -0.15) is 4.98 Å². The molecule has 1 N–H and O–H groups in total. The maximum Gasteiger partial charge on any atom is 0.224 e. The molecular formula is C15H22N4S. The van der Waals surface area contributed by atoms with Gasteiger partial charge in [-0.3, -0.25) is 0 Å². The third-order valence-electron chi connectivity index (χ3n) is 3.04. The fourth-order valence-electron chi connectivity index (χ4n) is 1.91. The molecule has 5 heteroatoms. The van der Waals surface area contributed by atoms with Crippen LogP contribution in [0.25, 0.3) is 0 Å². The van der Waals surface area contributed by atoms with Crippen LogP contribution in [-0.2, 0) is 6.42 Å². The van der Waals surface area contributed by atoms with Gasteiger partial charge in [0.2, 0.25) is 5.95 Å². The molecule has 0 atom stereocenters. The van der Waals surface area contributed by atoms with Gasteiger partial charge >= 0.3 is 0 Å². The van der Waals surface area contributed by atoms with Crippen molar-refractivity contribution in [3.05, 3.63) is 34.2 Å². The maximum atomic E-state index is 4.58. The second-order valence-corrected chi connectivity index (χ2v) is 5.90. The Kier molecular flexibility index (Phi) is 5.35. The summed E-state index contributed by atoms with van der Waals surface area (Å²) >= 11 is 1.81. The molecule has 0 unspecified atom stereocenters. The minimum atomic E-state index is 0.727. The number of likely N-dealkylation sites (N-methyl/N-ethyl adjacent to an activating group) is 1. The number of rotatable bonds is 7.